The number of nitrogens with zero attached hydrogens (tertiary/aromatic N) is 3. The van der Waals surface area contributed by atoms with Crippen LogP contribution in [0.15, 0.2) is 60.9 Å². The Labute approximate surface area is 242 Å². The van der Waals surface area contributed by atoms with E-state index in [4.69, 9.17) is 25.8 Å². The molecule has 5 rings (SSSR count). The fraction of sp³-hybridized carbons (Fsp3) is 0.300. The van der Waals surface area contributed by atoms with Gasteiger partial charge in [0.05, 0.1) is 35.3 Å². The summed E-state index contributed by atoms with van der Waals surface area (Å²) in [6.45, 7) is 4.17. The number of benzene rings is 3. The lowest BCUT2D eigenvalue weighted by Gasteiger charge is -2.16. The van der Waals surface area contributed by atoms with Gasteiger partial charge in [-0.05, 0) is 68.2 Å². The number of amides is 2. The SMILES string of the molecule is COc1cc2c(Oc3ccc(NC(=O)NCc4ccc(F)cc4)c(Cl)c3)ncnc2cc1OCCCN1CCCC1. The van der Waals surface area contributed by atoms with Crippen LogP contribution in [-0.4, -0.2) is 54.2 Å². The quantitative estimate of drug-likeness (QED) is 0.198. The van der Waals surface area contributed by atoms with Gasteiger partial charge >= 0.3 is 6.03 Å². The average molecular weight is 580 g/mol. The van der Waals surface area contributed by atoms with E-state index in [0.29, 0.717) is 46.3 Å². The van der Waals surface area contributed by atoms with Gasteiger partial charge in [-0.25, -0.2) is 19.2 Å². The highest BCUT2D eigenvalue weighted by molar-refractivity contribution is 6.33. The molecule has 1 aliphatic rings. The summed E-state index contributed by atoms with van der Waals surface area (Å²) in [6, 6.07) is 13.9. The van der Waals surface area contributed by atoms with Crippen LogP contribution in [0.3, 0.4) is 0 Å². The molecule has 1 aliphatic heterocycles. The minimum Gasteiger partial charge on any atom is -0.493 e. The van der Waals surface area contributed by atoms with Crippen LogP contribution in [0.2, 0.25) is 5.02 Å². The lowest BCUT2D eigenvalue weighted by molar-refractivity contribution is 0.251. The third-order valence-electron chi connectivity index (χ3n) is 6.73. The number of aromatic nitrogens is 2. The van der Waals surface area contributed by atoms with Gasteiger partial charge in [0.25, 0.3) is 0 Å². The molecule has 0 spiro atoms. The molecule has 1 aromatic heterocycles. The maximum absolute atomic E-state index is 13.1. The van der Waals surface area contributed by atoms with Gasteiger partial charge in [0.15, 0.2) is 11.5 Å². The Balaban J connectivity index is 1.22. The number of likely N-dealkylation sites (tertiary alicyclic amines) is 1. The molecule has 0 saturated carbocycles. The van der Waals surface area contributed by atoms with Crippen LogP contribution in [0.1, 0.15) is 24.8 Å². The normalized spacial score (nSPS) is 13.2. The number of hydrogen-bond acceptors (Lipinski definition) is 7. The van der Waals surface area contributed by atoms with Crippen LogP contribution in [0.5, 0.6) is 23.1 Å². The fourth-order valence-corrected chi connectivity index (χ4v) is 4.81. The van der Waals surface area contributed by atoms with Crippen molar-refractivity contribution in [1.82, 2.24) is 20.2 Å². The van der Waals surface area contributed by atoms with Crippen molar-refractivity contribution in [2.45, 2.75) is 25.8 Å². The molecular formula is C30H31ClFN5O4. The molecule has 11 heteroatoms. The first-order chi connectivity index (χ1) is 20.0. The summed E-state index contributed by atoms with van der Waals surface area (Å²) >= 11 is 6.43. The number of hydrogen-bond donors (Lipinski definition) is 2. The van der Waals surface area contributed by atoms with Crippen LogP contribution in [-0.2, 0) is 6.54 Å². The highest BCUT2D eigenvalue weighted by Gasteiger charge is 2.15. The first kappa shape index (κ1) is 28.4. The van der Waals surface area contributed by atoms with Crippen molar-refractivity contribution in [1.29, 1.82) is 0 Å². The molecule has 1 fully saturated rings. The number of urea groups is 1. The third-order valence-corrected chi connectivity index (χ3v) is 7.04. The predicted octanol–water partition coefficient (Wildman–Crippen LogP) is 6.41. The molecule has 9 nitrogen and oxygen atoms in total. The lowest BCUT2D eigenvalue weighted by atomic mass is 10.2. The van der Waals surface area contributed by atoms with E-state index in [1.165, 1.54) is 31.3 Å². The fourth-order valence-electron chi connectivity index (χ4n) is 4.59. The molecule has 0 aliphatic carbocycles. The Kier molecular flexibility index (Phi) is 9.33. The number of halogens is 2. The lowest BCUT2D eigenvalue weighted by Crippen LogP contribution is -2.28. The standard InChI is InChI=1S/C30H31ClFN5O4/c1-39-27-16-23-26(17-28(27)40-14-4-13-37-11-2-3-12-37)34-19-35-29(23)41-22-9-10-25(24(31)15-22)36-30(38)33-18-20-5-7-21(32)8-6-20/h5-10,15-17,19H,2-4,11-14,18H2,1H3,(H2,33,36,38). The second-order valence-electron chi connectivity index (χ2n) is 9.63. The Morgan fingerprint density at radius 2 is 1.85 bits per heavy atom. The summed E-state index contributed by atoms with van der Waals surface area (Å²) in [5.74, 6) is 1.58. The molecule has 41 heavy (non-hydrogen) atoms. The highest BCUT2D eigenvalue weighted by atomic mass is 35.5. The van der Waals surface area contributed by atoms with E-state index in [-0.39, 0.29) is 17.4 Å². The number of nitrogens with one attached hydrogen (secondary N) is 2. The van der Waals surface area contributed by atoms with Gasteiger partial charge in [-0.15, -0.1) is 0 Å². The molecule has 0 radical (unpaired) electrons. The first-order valence-electron chi connectivity index (χ1n) is 13.4. The minimum absolute atomic E-state index is 0.237. The summed E-state index contributed by atoms with van der Waals surface area (Å²) in [5, 5.41) is 6.33. The zero-order valence-corrected chi connectivity index (χ0v) is 23.4. The van der Waals surface area contributed by atoms with Gasteiger partial charge < -0.3 is 29.7 Å². The van der Waals surface area contributed by atoms with Crippen LogP contribution < -0.4 is 24.8 Å². The second-order valence-corrected chi connectivity index (χ2v) is 10.0. The van der Waals surface area contributed by atoms with E-state index in [9.17, 15) is 9.18 Å². The van der Waals surface area contributed by atoms with Crippen molar-refractivity contribution in [3.8, 4) is 23.1 Å². The van der Waals surface area contributed by atoms with E-state index in [1.54, 1.807) is 43.5 Å². The molecular weight excluding hydrogens is 549 g/mol. The molecule has 2 amide bonds. The van der Waals surface area contributed by atoms with Gasteiger partial charge in [-0.2, -0.15) is 0 Å². The Morgan fingerprint density at radius 3 is 2.61 bits per heavy atom. The molecule has 4 aromatic rings. The smallest absolute Gasteiger partial charge is 0.319 e. The van der Waals surface area contributed by atoms with E-state index in [1.807, 2.05) is 6.07 Å². The largest absolute Gasteiger partial charge is 0.493 e. The predicted molar refractivity (Wildman–Crippen MR) is 156 cm³/mol. The maximum atomic E-state index is 13.1. The van der Waals surface area contributed by atoms with E-state index in [2.05, 4.69) is 25.5 Å². The number of anilines is 1. The van der Waals surface area contributed by atoms with E-state index in [0.717, 1.165) is 31.6 Å². The molecule has 214 valence electrons. The number of carbonyl (C=O) groups is 1. The second kappa shape index (κ2) is 13.5. The summed E-state index contributed by atoms with van der Waals surface area (Å²) in [5.41, 5.74) is 1.81. The third kappa shape index (κ3) is 7.53. The maximum Gasteiger partial charge on any atom is 0.319 e. The molecule has 0 unspecified atom stereocenters. The number of carbonyl (C=O) groups excluding carboxylic acids is 1. The van der Waals surface area contributed by atoms with Crippen LogP contribution in [0, 0.1) is 5.82 Å². The summed E-state index contributed by atoms with van der Waals surface area (Å²) in [6.07, 6.45) is 4.90. The highest BCUT2D eigenvalue weighted by Crippen LogP contribution is 2.37. The van der Waals surface area contributed by atoms with Crippen molar-refractivity contribution in [2.75, 3.05) is 38.7 Å². The monoisotopic (exact) mass is 579 g/mol. The molecule has 0 atom stereocenters. The zero-order chi connectivity index (χ0) is 28.6. The Morgan fingerprint density at radius 1 is 1.05 bits per heavy atom. The Bertz CT molecular complexity index is 1500. The number of fused-ring (bicyclic) bond motifs is 1. The minimum atomic E-state index is -0.451. The zero-order valence-electron chi connectivity index (χ0n) is 22.7. The molecule has 2 heterocycles. The Hall–Kier alpha value is -4.15. The molecule has 2 N–H and O–H groups in total. The van der Waals surface area contributed by atoms with Crippen molar-refractivity contribution >= 4 is 34.2 Å². The van der Waals surface area contributed by atoms with E-state index < -0.39 is 6.03 Å². The van der Waals surface area contributed by atoms with Gasteiger partial charge in [-0.1, -0.05) is 23.7 Å². The van der Waals surface area contributed by atoms with Gasteiger partial charge in [0.1, 0.15) is 17.9 Å². The van der Waals surface area contributed by atoms with Crippen molar-refractivity contribution in [2.24, 2.45) is 0 Å². The summed E-state index contributed by atoms with van der Waals surface area (Å²) < 4.78 is 30.7. The average Bonchev–Trinajstić information content (AvgIpc) is 3.50. The number of rotatable bonds is 11. The van der Waals surface area contributed by atoms with Gasteiger partial charge in [0, 0.05) is 25.2 Å². The summed E-state index contributed by atoms with van der Waals surface area (Å²) in [4.78, 5) is 23.5. The van der Waals surface area contributed by atoms with Crippen LogP contribution in [0.25, 0.3) is 10.9 Å². The van der Waals surface area contributed by atoms with Crippen molar-refractivity contribution in [3.63, 3.8) is 0 Å². The van der Waals surface area contributed by atoms with Crippen molar-refractivity contribution < 1.29 is 23.4 Å². The molecule has 1 saturated heterocycles. The topological polar surface area (TPSA) is 97.8 Å². The van der Waals surface area contributed by atoms with Gasteiger partial charge in [-0.3, -0.25) is 0 Å². The van der Waals surface area contributed by atoms with Crippen LogP contribution >= 0.6 is 11.6 Å². The molecule has 0 bridgehead atoms. The number of methoxy groups -OCH3 is 1. The van der Waals surface area contributed by atoms with Gasteiger partial charge in [0.2, 0.25) is 5.88 Å². The first-order valence-corrected chi connectivity index (χ1v) is 13.8. The molecule has 3 aromatic carbocycles. The summed E-state index contributed by atoms with van der Waals surface area (Å²) in [7, 11) is 1.59. The van der Waals surface area contributed by atoms with Crippen molar-refractivity contribution in [3.05, 3.63) is 77.3 Å². The van der Waals surface area contributed by atoms with Crippen LogP contribution in [0.4, 0.5) is 14.9 Å². The number of ether oxygens (including phenoxy) is 3. The van der Waals surface area contributed by atoms with E-state index >= 15 is 0 Å².